The molecule has 0 spiro atoms. The molecular weight excluding hydrogens is 297 g/mol. The first-order valence-corrected chi connectivity index (χ1v) is 7.92. The molecule has 0 atom stereocenters. The molecule has 0 unspecified atom stereocenters. The molecule has 1 aromatic carbocycles. The first-order valence-electron chi connectivity index (χ1n) is 7.92. The minimum Gasteiger partial charge on any atom is -0.508 e. The smallest absolute Gasteiger partial charge is 0.410 e. The van der Waals surface area contributed by atoms with Gasteiger partial charge in [-0.25, -0.2) is 9.18 Å². The summed E-state index contributed by atoms with van der Waals surface area (Å²) in [6.07, 6.45) is 2.02. The predicted molar refractivity (Wildman–Crippen MR) is 89.8 cm³/mol. The molecule has 2 rings (SSSR count). The number of rotatable bonds is 1. The van der Waals surface area contributed by atoms with Gasteiger partial charge in [0.15, 0.2) is 0 Å². The van der Waals surface area contributed by atoms with Crippen molar-refractivity contribution >= 4 is 11.7 Å². The monoisotopic (exact) mass is 323 g/mol. The van der Waals surface area contributed by atoms with Crippen molar-refractivity contribution in [3.63, 3.8) is 0 Å². The Morgan fingerprint density at radius 1 is 1.30 bits per heavy atom. The Hall–Kier alpha value is -2.04. The van der Waals surface area contributed by atoms with Crippen molar-refractivity contribution in [2.24, 2.45) is 0 Å². The highest BCUT2D eigenvalue weighted by molar-refractivity contribution is 5.73. The molecule has 0 saturated heterocycles. The van der Waals surface area contributed by atoms with Crippen molar-refractivity contribution in [3.8, 4) is 5.75 Å². The van der Waals surface area contributed by atoms with Crippen LogP contribution in [0.1, 0.15) is 46.6 Å². The van der Waals surface area contributed by atoms with Gasteiger partial charge in [0.2, 0.25) is 0 Å². The summed E-state index contributed by atoms with van der Waals surface area (Å²) in [7, 11) is 0. The van der Waals surface area contributed by atoms with Gasteiger partial charge in [-0.2, -0.15) is 0 Å². The molecule has 1 heterocycles. The number of phenols is 1. The van der Waals surface area contributed by atoms with E-state index in [1.165, 1.54) is 6.07 Å². The normalized spacial score (nSPS) is 14.5. The maximum atomic E-state index is 13.8. The van der Waals surface area contributed by atoms with Gasteiger partial charge in [0.25, 0.3) is 0 Å². The maximum Gasteiger partial charge on any atom is 0.410 e. The van der Waals surface area contributed by atoms with E-state index in [1.54, 1.807) is 11.0 Å². The van der Waals surface area contributed by atoms with Gasteiger partial charge in [-0.05, 0) is 44.9 Å². The molecule has 0 fully saturated rings. The van der Waals surface area contributed by atoms with Crippen LogP contribution in [0.2, 0.25) is 0 Å². The summed E-state index contributed by atoms with van der Waals surface area (Å²) in [6, 6.07) is 4.11. The quantitative estimate of drug-likeness (QED) is 0.823. The molecule has 4 nitrogen and oxygen atoms in total. The summed E-state index contributed by atoms with van der Waals surface area (Å²) in [5.74, 6) is -0.546. The third-order valence-corrected chi connectivity index (χ3v) is 3.16. The summed E-state index contributed by atoms with van der Waals surface area (Å²) < 4.78 is 19.1. The summed E-state index contributed by atoms with van der Waals surface area (Å²) >= 11 is 0. The number of aromatic hydroxyl groups is 1. The van der Waals surface area contributed by atoms with E-state index in [0.717, 1.165) is 11.6 Å². The summed E-state index contributed by atoms with van der Waals surface area (Å²) in [4.78, 5) is 13.5. The standard InChI is InChI=1S/C16H20FNO3.C2H6/c1-16(2,3)21-15(20)18-8-6-11(7-9-18)13-5-4-12(19)10-14(13)17;1-2/h4-6,10,19H,7-9H2,1-3H3;1-2H3. The lowest BCUT2D eigenvalue weighted by atomic mass is 9.99. The summed E-state index contributed by atoms with van der Waals surface area (Å²) in [5, 5.41) is 9.23. The van der Waals surface area contributed by atoms with E-state index in [1.807, 2.05) is 40.7 Å². The van der Waals surface area contributed by atoms with Crippen LogP contribution in [-0.2, 0) is 4.74 Å². The predicted octanol–water partition coefficient (Wildman–Crippen LogP) is 4.58. The van der Waals surface area contributed by atoms with E-state index in [9.17, 15) is 14.3 Å². The molecule has 0 radical (unpaired) electrons. The van der Waals surface area contributed by atoms with E-state index in [2.05, 4.69) is 0 Å². The molecule has 1 aliphatic heterocycles. The second-order valence-corrected chi connectivity index (χ2v) is 6.07. The molecule has 0 saturated carbocycles. The molecule has 1 N–H and O–H groups in total. The number of nitrogens with zero attached hydrogens (tertiary/aromatic N) is 1. The van der Waals surface area contributed by atoms with Crippen molar-refractivity contribution in [1.82, 2.24) is 4.90 Å². The fraction of sp³-hybridized carbons (Fsp3) is 0.500. The van der Waals surface area contributed by atoms with E-state index < -0.39 is 11.4 Å². The lowest BCUT2D eigenvalue weighted by Gasteiger charge is -2.29. The number of hydrogen-bond acceptors (Lipinski definition) is 3. The molecule has 1 amide bonds. The zero-order valence-electron chi connectivity index (χ0n) is 14.5. The Bertz CT molecular complexity index is 576. The second-order valence-electron chi connectivity index (χ2n) is 6.07. The number of carbonyl (C=O) groups excluding carboxylic acids is 1. The van der Waals surface area contributed by atoms with E-state index >= 15 is 0 Å². The lowest BCUT2D eigenvalue weighted by molar-refractivity contribution is 0.0270. The van der Waals surface area contributed by atoms with Crippen molar-refractivity contribution in [1.29, 1.82) is 0 Å². The minimum absolute atomic E-state index is 0.0944. The van der Waals surface area contributed by atoms with Crippen LogP contribution in [0.4, 0.5) is 9.18 Å². The SMILES string of the molecule is CC.CC(C)(C)OC(=O)N1CC=C(c2ccc(O)cc2F)CC1. The largest absolute Gasteiger partial charge is 0.508 e. The van der Waals surface area contributed by atoms with Crippen LogP contribution in [0.3, 0.4) is 0 Å². The minimum atomic E-state index is -0.524. The van der Waals surface area contributed by atoms with Crippen molar-refractivity contribution in [3.05, 3.63) is 35.7 Å². The Morgan fingerprint density at radius 2 is 1.96 bits per heavy atom. The van der Waals surface area contributed by atoms with Crippen LogP contribution < -0.4 is 0 Å². The van der Waals surface area contributed by atoms with E-state index in [0.29, 0.717) is 25.1 Å². The molecule has 0 aliphatic carbocycles. The average Bonchev–Trinajstić information content (AvgIpc) is 2.48. The average molecular weight is 323 g/mol. The van der Waals surface area contributed by atoms with Gasteiger partial charge in [-0.1, -0.05) is 19.9 Å². The van der Waals surface area contributed by atoms with Gasteiger partial charge in [0.05, 0.1) is 0 Å². The Kier molecular flexibility index (Phi) is 6.61. The van der Waals surface area contributed by atoms with Gasteiger partial charge >= 0.3 is 6.09 Å². The Labute approximate surface area is 137 Å². The molecule has 1 aromatic rings. The number of carbonyl (C=O) groups is 1. The van der Waals surface area contributed by atoms with Crippen LogP contribution >= 0.6 is 0 Å². The molecule has 23 heavy (non-hydrogen) atoms. The molecule has 1 aliphatic rings. The first-order chi connectivity index (χ1) is 10.8. The van der Waals surface area contributed by atoms with Crippen LogP contribution in [0.25, 0.3) is 5.57 Å². The van der Waals surface area contributed by atoms with Crippen LogP contribution in [0.15, 0.2) is 24.3 Å². The fourth-order valence-electron chi connectivity index (χ4n) is 2.17. The number of ether oxygens (including phenoxy) is 1. The van der Waals surface area contributed by atoms with Crippen LogP contribution in [0, 0.1) is 5.82 Å². The zero-order chi connectivity index (χ0) is 17.6. The summed E-state index contributed by atoms with van der Waals surface area (Å²) in [6.45, 7) is 10.3. The van der Waals surface area contributed by atoms with Gasteiger partial charge < -0.3 is 14.7 Å². The number of amides is 1. The topological polar surface area (TPSA) is 49.8 Å². The highest BCUT2D eigenvalue weighted by Gasteiger charge is 2.24. The van der Waals surface area contributed by atoms with Gasteiger partial charge in [-0.3, -0.25) is 0 Å². The zero-order valence-corrected chi connectivity index (χ0v) is 14.5. The summed E-state index contributed by atoms with van der Waals surface area (Å²) in [5.41, 5.74) is 0.786. The number of benzene rings is 1. The molecule has 128 valence electrons. The Balaban J connectivity index is 0.00000127. The third kappa shape index (κ3) is 5.58. The Morgan fingerprint density at radius 3 is 2.43 bits per heavy atom. The first kappa shape index (κ1) is 19.0. The maximum absolute atomic E-state index is 13.8. The van der Waals surface area contributed by atoms with Crippen molar-refractivity contribution in [2.75, 3.05) is 13.1 Å². The highest BCUT2D eigenvalue weighted by atomic mass is 19.1. The lowest BCUT2D eigenvalue weighted by Crippen LogP contribution is -2.39. The number of halogens is 1. The van der Waals surface area contributed by atoms with Gasteiger partial charge in [0.1, 0.15) is 17.2 Å². The third-order valence-electron chi connectivity index (χ3n) is 3.16. The van der Waals surface area contributed by atoms with Crippen molar-refractivity contribution < 1.29 is 19.0 Å². The molecule has 5 heteroatoms. The number of hydrogen-bond donors (Lipinski definition) is 1. The van der Waals surface area contributed by atoms with E-state index in [-0.39, 0.29) is 11.8 Å². The highest BCUT2D eigenvalue weighted by Crippen LogP contribution is 2.27. The second kappa shape index (κ2) is 7.99. The van der Waals surface area contributed by atoms with Gasteiger partial charge in [0, 0.05) is 24.7 Å². The van der Waals surface area contributed by atoms with Gasteiger partial charge in [-0.15, -0.1) is 0 Å². The van der Waals surface area contributed by atoms with Crippen LogP contribution in [0.5, 0.6) is 5.75 Å². The van der Waals surface area contributed by atoms with E-state index in [4.69, 9.17) is 4.74 Å². The molecule has 0 aromatic heterocycles. The fourth-order valence-corrected chi connectivity index (χ4v) is 2.17. The van der Waals surface area contributed by atoms with Crippen LogP contribution in [-0.4, -0.2) is 34.8 Å². The van der Waals surface area contributed by atoms with Crippen molar-refractivity contribution in [2.45, 2.75) is 46.6 Å². The molecule has 0 bridgehead atoms. The molecular formula is C18H26FNO3. The number of phenolic OH excluding ortho intramolecular Hbond substituents is 1.